The van der Waals surface area contributed by atoms with Gasteiger partial charge in [-0.15, -0.1) is 0 Å². The lowest BCUT2D eigenvalue weighted by Crippen LogP contribution is -2.53. The van der Waals surface area contributed by atoms with Crippen LogP contribution in [0.25, 0.3) is 12.2 Å². The van der Waals surface area contributed by atoms with E-state index in [1.54, 1.807) is 6.33 Å². The minimum Gasteiger partial charge on any atom is -0.447 e. The molecule has 1 aliphatic heterocycles. The van der Waals surface area contributed by atoms with E-state index >= 15 is 0 Å². The van der Waals surface area contributed by atoms with Gasteiger partial charge in [0.15, 0.2) is 0 Å². The van der Waals surface area contributed by atoms with Crippen molar-refractivity contribution in [1.82, 2.24) is 14.9 Å². The molecule has 2 heterocycles. The molecule has 0 unspecified atom stereocenters. The van der Waals surface area contributed by atoms with Crippen LogP contribution in [0.1, 0.15) is 46.5 Å². The molecule has 4 rings (SSSR count). The number of unbranched alkanes of at least 4 members (excludes halogenated alkanes) is 1. The summed E-state index contributed by atoms with van der Waals surface area (Å²) < 4.78 is 11.5. The number of hydrogen-bond acceptors (Lipinski definition) is 4. The highest BCUT2D eigenvalue weighted by molar-refractivity contribution is 5.75. The Balaban J connectivity index is 1.55. The maximum absolute atomic E-state index is 12.7. The van der Waals surface area contributed by atoms with Crippen LogP contribution in [-0.4, -0.2) is 51.4 Å². The van der Waals surface area contributed by atoms with E-state index in [1.165, 1.54) is 0 Å². The summed E-state index contributed by atoms with van der Waals surface area (Å²) >= 11 is 0. The first-order valence-electron chi connectivity index (χ1n) is 10.2. The average Bonchev–Trinajstić information content (AvgIpc) is 3.28. The van der Waals surface area contributed by atoms with E-state index in [-0.39, 0.29) is 17.7 Å². The van der Waals surface area contributed by atoms with Gasteiger partial charge in [-0.2, -0.15) is 0 Å². The first-order valence-corrected chi connectivity index (χ1v) is 10.2. The van der Waals surface area contributed by atoms with Crippen molar-refractivity contribution in [3.8, 4) is 0 Å². The summed E-state index contributed by atoms with van der Waals surface area (Å²) in [6.07, 6.45) is 15.7. The largest absolute Gasteiger partial charge is 0.447 e. The van der Waals surface area contributed by atoms with Gasteiger partial charge in [-0.1, -0.05) is 37.6 Å². The van der Waals surface area contributed by atoms with Gasteiger partial charge in [-0.25, -0.2) is 9.78 Å². The standard InChI is InChI=1S/C22H29N3O3/c1-4-5-12-28-22(3)10-6-16(7-11-22)19-14-27-20(26)25(19)21(2)9-8-17-18(13-21)24-15-23-17/h6-8,10,13,15,19H,4-5,9,11-12,14H2,1-3H3,(H,23,24)/t19-,21-,22+/m1/s1. The molecule has 0 aromatic carbocycles. The number of rotatable bonds is 6. The summed E-state index contributed by atoms with van der Waals surface area (Å²) in [4.78, 5) is 22.0. The second kappa shape index (κ2) is 7.24. The minimum absolute atomic E-state index is 0.0944. The number of ether oxygens (including phenoxy) is 2. The van der Waals surface area contributed by atoms with Gasteiger partial charge in [0, 0.05) is 6.61 Å². The SMILES string of the molecule is CCCCO[C@@]1(C)C=CC([C@H]2COC(=O)N2[C@@]2(C)C=c3[nH]cnc3=CC2)=CC1. The van der Waals surface area contributed by atoms with Crippen molar-refractivity contribution < 1.29 is 14.3 Å². The van der Waals surface area contributed by atoms with Gasteiger partial charge in [-0.05, 0) is 44.8 Å². The van der Waals surface area contributed by atoms with Crippen molar-refractivity contribution in [2.75, 3.05) is 13.2 Å². The van der Waals surface area contributed by atoms with Crippen LogP contribution in [0, 0.1) is 0 Å². The Kier molecular flexibility index (Phi) is 4.91. The molecule has 6 heteroatoms. The molecule has 1 N–H and O–H groups in total. The first-order chi connectivity index (χ1) is 13.4. The van der Waals surface area contributed by atoms with Gasteiger partial charge in [0.25, 0.3) is 0 Å². The lowest BCUT2D eigenvalue weighted by Gasteiger charge is -2.39. The van der Waals surface area contributed by atoms with Crippen LogP contribution in [0.2, 0.25) is 0 Å². The lowest BCUT2D eigenvalue weighted by molar-refractivity contribution is 0.00500. The molecule has 3 aliphatic rings. The average molecular weight is 383 g/mol. The zero-order valence-electron chi connectivity index (χ0n) is 16.9. The quantitative estimate of drug-likeness (QED) is 0.766. The second-order valence-electron chi connectivity index (χ2n) is 8.33. The Labute approximate surface area is 165 Å². The minimum atomic E-state index is -0.454. The molecular weight excluding hydrogens is 354 g/mol. The molecule has 1 amide bonds. The third-order valence-corrected chi connectivity index (χ3v) is 5.97. The summed E-state index contributed by atoms with van der Waals surface area (Å²) in [6.45, 7) is 7.51. The molecule has 150 valence electrons. The molecule has 1 aromatic rings. The fourth-order valence-corrected chi connectivity index (χ4v) is 4.20. The number of amides is 1. The van der Waals surface area contributed by atoms with Gasteiger partial charge in [0.05, 0.1) is 34.2 Å². The highest BCUT2D eigenvalue weighted by atomic mass is 16.6. The number of imidazole rings is 1. The van der Waals surface area contributed by atoms with Crippen LogP contribution in [0.15, 0.2) is 30.1 Å². The highest BCUT2D eigenvalue weighted by Crippen LogP contribution is 2.36. The second-order valence-corrected chi connectivity index (χ2v) is 8.33. The molecule has 6 nitrogen and oxygen atoms in total. The van der Waals surface area contributed by atoms with Crippen molar-refractivity contribution in [2.24, 2.45) is 0 Å². The summed E-state index contributed by atoms with van der Waals surface area (Å²) in [5.74, 6) is 0. The molecule has 1 fully saturated rings. The Morgan fingerprint density at radius 3 is 2.96 bits per heavy atom. The molecule has 0 bridgehead atoms. The number of carbonyl (C=O) groups excluding carboxylic acids is 1. The Hall–Kier alpha value is -2.34. The van der Waals surface area contributed by atoms with E-state index in [4.69, 9.17) is 9.47 Å². The molecule has 0 saturated carbocycles. The van der Waals surface area contributed by atoms with E-state index in [1.807, 2.05) is 4.90 Å². The van der Waals surface area contributed by atoms with Gasteiger partial charge < -0.3 is 14.5 Å². The van der Waals surface area contributed by atoms with Gasteiger partial charge >= 0.3 is 6.09 Å². The van der Waals surface area contributed by atoms with E-state index in [0.717, 1.165) is 42.1 Å². The van der Waals surface area contributed by atoms with Crippen LogP contribution in [0.3, 0.4) is 0 Å². The van der Waals surface area contributed by atoms with E-state index < -0.39 is 5.54 Å². The number of cyclic esters (lactones) is 1. The fourth-order valence-electron chi connectivity index (χ4n) is 4.20. The number of fused-ring (bicyclic) bond motifs is 1. The van der Waals surface area contributed by atoms with Crippen molar-refractivity contribution in [3.63, 3.8) is 0 Å². The molecule has 1 saturated heterocycles. The molecule has 3 atom stereocenters. The van der Waals surface area contributed by atoms with E-state index in [2.05, 4.69) is 61.1 Å². The normalized spacial score (nSPS) is 31.7. The molecular formula is C22H29N3O3. The smallest absolute Gasteiger partial charge is 0.411 e. The molecule has 0 spiro atoms. The fraction of sp³-hybridized carbons (Fsp3) is 0.545. The van der Waals surface area contributed by atoms with Gasteiger partial charge in [-0.3, -0.25) is 4.90 Å². The van der Waals surface area contributed by atoms with Crippen LogP contribution in [0.5, 0.6) is 0 Å². The number of aromatic nitrogens is 2. The van der Waals surface area contributed by atoms with E-state index in [0.29, 0.717) is 13.0 Å². The Morgan fingerprint density at radius 1 is 1.36 bits per heavy atom. The van der Waals surface area contributed by atoms with Crippen LogP contribution in [-0.2, 0) is 9.47 Å². The number of H-pyrrole nitrogens is 1. The van der Waals surface area contributed by atoms with Crippen LogP contribution < -0.4 is 10.7 Å². The van der Waals surface area contributed by atoms with Crippen LogP contribution >= 0.6 is 0 Å². The summed E-state index contributed by atoms with van der Waals surface area (Å²) in [5, 5.41) is 1.90. The molecule has 1 aromatic heterocycles. The van der Waals surface area contributed by atoms with E-state index in [9.17, 15) is 4.79 Å². The lowest BCUT2D eigenvalue weighted by atomic mass is 9.86. The third kappa shape index (κ3) is 3.41. The predicted octanol–water partition coefficient (Wildman–Crippen LogP) is 2.42. The maximum Gasteiger partial charge on any atom is 0.411 e. The monoisotopic (exact) mass is 383 g/mol. The zero-order valence-corrected chi connectivity index (χ0v) is 16.9. The van der Waals surface area contributed by atoms with Gasteiger partial charge in [0.1, 0.15) is 6.61 Å². The van der Waals surface area contributed by atoms with Crippen LogP contribution in [0.4, 0.5) is 4.79 Å². The first kappa shape index (κ1) is 19.0. The topological polar surface area (TPSA) is 67.5 Å². The Morgan fingerprint density at radius 2 is 2.21 bits per heavy atom. The molecule has 0 radical (unpaired) electrons. The number of carbonyl (C=O) groups is 1. The number of hydrogen-bond donors (Lipinski definition) is 1. The zero-order chi connectivity index (χ0) is 19.8. The maximum atomic E-state index is 12.7. The third-order valence-electron chi connectivity index (χ3n) is 5.97. The predicted molar refractivity (Wildman–Crippen MR) is 108 cm³/mol. The Bertz CT molecular complexity index is 931. The summed E-state index contributed by atoms with van der Waals surface area (Å²) in [7, 11) is 0. The van der Waals surface area contributed by atoms with Crippen molar-refractivity contribution in [3.05, 3.63) is 40.8 Å². The summed E-state index contributed by atoms with van der Waals surface area (Å²) in [5.41, 5.74) is 0.393. The van der Waals surface area contributed by atoms with Crippen molar-refractivity contribution in [2.45, 2.75) is 63.6 Å². The highest BCUT2D eigenvalue weighted by Gasteiger charge is 2.46. The van der Waals surface area contributed by atoms with Crippen molar-refractivity contribution in [1.29, 1.82) is 0 Å². The molecule has 28 heavy (non-hydrogen) atoms. The van der Waals surface area contributed by atoms with Gasteiger partial charge in [0.2, 0.25) is 0 Å². The number of nitrogens with zero attached hydrogens (tertiary/aromatic N) is 2. The molecule has 2 aliphatic carbocycles. The number of aromatic amines is 1. The number of nitrogens with one attached hydrogen (secondary N) is 1. The van der Waals surface area contributed by atoms with Crippen molar-refractivity contribution >= 4 is 18.2 Å². The summed E-state index contributed by atoms with van der Waals surface area (Å²) in [6, 6.07) is -0.0944.